The molecule has 1 N–H and O–H groups in total. The highest BCUT2D eigenvalue weighted by atomic mass is 16.1. The van der Waals surface area contributed by atoms with E-state index in [2.05, 4.69) is 34.3 Å². The molecule has 4 heterocycles. The molecule has 8 nitrogen and oxygen atoms in total. The first-order valence-corrected chi connectivity index (χ1v) is 9.91. The molecule has 0 spiro atoms. The minimum atomic E-state index is -0.176. The summed E-state index contributed by atoms with van der Waals surface area (Å²) in [6.45, 7) is 6.06. The van der Waals surface area contributed by atoms with Crippen molar-refractivity contribution in [2.75, 3.05) is 5.32 Å². The van der Waals surface area contributed by atoms with Crippen molar-refractivity contribution in [3.05, 3.63) is 41.5 Å². The third-order valence-electron chi connectivity index (χ3n) is 5.44. The van der Waals surface area contributed by atoms with Gasteiger partial charge >= 0.3 is 0 Å². The number of aryl methyl sites for hydroxylation is 2. The fraction of sp³-hybridized carbons (Fsp3) is 0.381. The van der Waals surface area contributed by atoms with Crippen LogP contribution in [0.15, 0.2) is 24.5 Å². The van der Waals surface area contributed by atoms with Crippen molar-refractivity contribution in [2.45, 2.75) is 45.6 Å². The van der Waals surface area contributed by atoms with Crippen LogP contribution in [0.5, 0.6) is 0 Å². The molecule has 4 aromatic heterocycles. The zero-order valence-corrected chi connectivity index (χ0v) is 17.0. The van der Waals surface area contributed by atoms with Gasteiger partial charge in [-0.05, 0) is 45.7 Å². The number of hydrogen-bond donors (Lipinski definition) is 1. The van der Waals surface area contributed by atoms with Gasteiger partial charge in [-0.1, -0.05) is 0 Å². The van der Waals surface area contributed by atoms with Gasteiger partial charge in [0.25, 0.3) is 5.91 Å². The summed E-state index contributed by atoms with van der Waals surface area (Å²) in [5.74, 6) is 0.267. The van der Waals surface area contributed by atoms with Crippen molar-refractivity contribution >= 4 is 33.7 Å². The third-order valence-corrected chi connectivity index (χ3v) is 5.44. The van der Waals surface area contributed by atoms with E-state index in [1.165, 1.54) is 0 Å². The molecule has 4 aromatic rings. The lowest BCUT2D eigenvalue weighted by Gasteiger charge is -2.11. The summed E-state index contributed by atoms with van der Waals surface area (Å²) in [5.41, 5.74) is 4.67. The van der Waals surface area contributed by atoms with E-state index in [1.54, 1.807) is 17.1 Å². The minimum Gasteiger partial charge on any atom is -0.321 e. The van der Waals surface area contributed by atoms with Gasteiger partial charge in [-0.2, -0.15) is 10.2 Å². The van der Waals surface area contributed by atoms with Gasteiger partial charge < -0.3 is 5.32 Å². The molecule has 1 saturated carbocycles. The zero-order chi connectivity index (χ0) is 20.3. The summed E-state index contributed by atoms with van der Waals surface area (Å²) in [4.78, 5) is 22.5. The number of rotatable bonds is 4. The summed E-state index contributed by atoms with van der Waals surface area (Å²) in [6.07, 6.45) is 5.65. The van der Waals surface area contributed by atoms with Crippen molar-refractivity contribution in [1.29, 1.82) is 0 Å². The van der Waals surface area contributed by atoms with Crippen molar-refractivity contribution in [3.8, 4) is 0 Å². The predicted octanol–water partition coefficient (Wildman–Crippen LogP) is 3.73. The number of aromatic nitrogens is 6. The molecule has 1 aliphatic rings. The maximum atomic E-state index is 13.2. The highest BCUT2D eigenvalue weighted by Crippen LogP contribution is 2.40. The second kappa shape index (κ2) is 6.37. The molecule has 0 atom stereocenters. The topological polar surface area (TPSA) is 90.5 Å². The van der Waals surface area contributed by atoms with Gasteiger partial charge in [0.15, 0.2) is 11.3 Å². The van der Waals surface area contributed by atoms with Crippen LogP contribution in [0.3, 0.4) is 0 Å². The first-order chi connectivity index (χ1) is 13.9. The van der Waals surface area contributed by atoms with Gasteiger partial charge in [0.1, 0.15) is 0 Å². The van der Waals surface area contributed by atoms with E-state index in [9.17, 15) is 4.79 Å². The Morgan fingerprint density at radius 2 is 1.97 bits per heavy atom. The van der Waals surface area contributed by atoms with Crippen LogP contribution in [0.1, 0.15) is 60.4 Å². The van der Waals surface area contributed by atoms with Crippen molar-refractivity contribution in [3.63, 3.8) is 0 Å². The lowest BCUT2D eigenvalue weighted by atomic mass is 10.1. The quantitative estimate of drug-likeness (QED) is 0.574. The molecule has 5 rings (SSSR count). The van der Waals surface area contributed by atoms with Crippen LogP contribution >= 0.6 is 0 Å². The Morgan fingerprint density at radius 3 is 2.69 bits per heavy atom. The fourth-order valence-corrected chi connectivity index (χ4v) is 3.77. The average molecular weight is 389 g/mol. The fourth-order valence-electron chi connectivity index (χ4n) is 3.77. The van der Waals surface area contributed by atoms with Crippen LogP contribution in [-0.2, 0) is 7.05 Å². The largest absolute Gasteiger partial charge is 0.321 e. The van der Waals surface area contributed by atoms with E-state index in [-0.39, 0.29) is 11.9 Å². The van der Waals surface area contributed by atoms with Gasteiger partial charge in [-0.25, -0.2) is 14.6 Å². The molecule has 1 amide bonds. The zero-order valence-electron chi connectivity index (χ0n) is 17.0. The normalized spacial score (nSPS) is 14.2. The van der Waals surface area contributed by atoms with Crippen LogP contribution in [0.25, 0.3) is 22.1 Å². The van der Waals surface area contributed by atoms with E-state index >= 15 is 0 Å². The molecule has 0 aromatic carbocycles. The van der Waals surface area contributed by atoms with Crippen LogP contribution in [0.2, 0.25) is 0 Å². The molecule has 0 radical (unpaired) electrons. The van der Waals surface area contributed by atoms with Crippen LogP contribution in [-0.4, -0.2) is 35.4 Å². The van der Waals surface area contributed by atoms with E-state index in [1.807, 2.05) is 30.8 Å². The summed E-state index contributed by atoms with van der Waals surface area (Å²) in [7, 11) is 1.86. The van der Waals surface area contributed by atoms with E-state index < -0.39 is 0 Å². The van der Waals surface area contributed by atoms with E-state index in [0.717, 1.165) is 46.3 Å². The smallest absolute Gasteiger partial charge is 0.256 e. The molecule has 148 valence electrons. The Labute approximate surface area is 167 Å². The molecule has 0 saturated heterocycles. The number of pyridine rings is 2. The van der Waals surface area contributed by atoms with Crippen molar-refractivity contribution in [1.82, 2.24) is 29.5 Å². The second-order valence-electron chi connectivity index (χ2n) is 8.05. The summed E-state index contributed by atoms with van der Waals surface area (Å²) in [5, 5.41) is 13.6. The maximum absolute atomic E-state index is 13.2. The first kappa shape index (κ1) is 17.8. The van der Waals surface area contributed by atoms with E-state index in [0.29, 0.717) is 17.2 Å². The number of carbonyl (C=O) groups excluding carboxylic acids is 1. The number of carbonyl (C=O) groups is 1. The summed E-state index contributed by atoms with van der Waals surface area (Å²) in [6, 6.07) is 4.01. The maximum Gasteiger partial charge on any atom is 0.256 e. The SMILES string of the molecule is Cc1nn(C)c2ncc(NC(=O)c3cc(C4CC4)nc4c3cnn4C(C)C)cc12. The standard InChI is InChI=1S/C21H23N7O/c1-11(2)28-20-17(10-23-28)16(8-18(25-20)13-5-6-13)21(29)24-14-7-15-12(3)26-27(4)19(15)22-9-14/h7-11,13H,5-6H2,1-4H3,(H,24,29). The highest BCUT2D eigenvalue weighted by Gasteiger charge is 2.28. The Kier molecular flexibility index (Phi) is 3.90. The lowest BCUT2D eigenvalue weighted by Crippen LogP contribution is -2.14. The number of fused-ring (bicyclic) bond motifs is 2. The second-order valence-corrected chi connectivity index (χ2v) is 8.05. The molecular weight excluding hydrogens is 366 g/mol. The summed E-state index contributed by atoms with van der Waals surface area (Å²) >= 11 is 0. The predicted molar refractivity (Wildman–Crippen MR) is 111 cm³/mol. The average Bonchev–Trinajstić information content (AvgIpc) is 3.39. The molecule has 0 bridgehead atoms. The van der Waals surface area contributed by atoms with Gasteiger partial charge in [-0.15, -0.1) is 0 Å². The minimum absolute atomic E-state index is 0.172. The number of nitrogens with zero attached hydrogens (tertiary/aromatic N) is 6. The van der Waals surface area contributed by atoms with Crippen LogP contribution < -0.4 is 5.32 Å². The first-order valence-electron chi connectivity index (χ1n) is 9.91. The van der Waals surface area contributed by atoms with Crippen LogP contribution in [0.4, 0.5) is 5.69 Å². The third kappa shape index (κ3) is 2.95. The highest BCUT2D eigenvalue weighted by molar-refractivity contribution is 6.12. The summed E-state index contributed by atoms with van der Waals surface area (Å²) < 4.78 is 3.62. The van der Waals surface area contributed by atoms with E-state index in [4.69, 9.17) is 4.98 Å². The van der Waals surface area contributed by atoms with Crippen molar-refractivity contribution < 1.29 is 4.79 Å². The molecule has 0 unspecified atom stereocenters. The van der Waals surface area contributed by atoms with Gasteiger partial charge in [0, 0.05) is 30.1 Å². The Balaban J connectivity index is 1.56. The molecule has 0 aliphatic heterocycles. The number of nitrogens with one attached hydrogen (secondary N) is 1. The molecule has 29 heavy (non-hydrogen) atoms. The lowest BCUT2D eigenvalue weighted by molar-refractivity contribution is 0.102. The van der Waals surface area contributed by atoms with Gasteiger partial charge in [0.05, 0.1) is 34.7 Å². The number of hydrogen-bond acceptors (Lipinski definition) is 5. The molecule has 1 fully saturated rings. The van der Waals surface area contributed by atoms with Gasteiger partial charge in [-0.3, -0.25) is 9.48 Å². The molecular formula is C21H23N7O. The monoisotopic (exact) mass is 389 g/mol. The van der Waals surface area contributed by atoms with Crippen molar-refractivity contribution in [2.24, 2.45) is 7.05 Å². The Hall–Kier alpha value is -3.29. The van der Waals surface area contributed by atoms with Gasteiger partial charge in [0.2, 0.25) is 0 Å². The molecule has 8 heteroatoms. The van der Waals surface area contributed by atoms with Crippen LogP contribution in [0, 0.1) is 6.92 Å². The molecule has 1 aliphatic carbocycles. The Bertz CT molecular complexity index is 1260. The Morgan fingerprint density at radius 1 is 1.17 bits per heavy atom. The number of amides is 1. The number of anilines is 1.